The number of hydrogen-bond donors (Lipinski definition) is 1. The highest BCUT2D eigenvalue weighted by Crippen LogP contribution is 2.32. The summed E-state index contributed by atoms with van der Waals surface area (Å²) in [6.07, 6.45) is 7.00. The maximum Gasteiger partial charge on any atom is 0.211 e. The lowest BCUT2D eigenvalue weighted by Gasteiger charge is -2.31. The molecule has 2 heterocycles. The van der Waals surface area contributed by atoms with Crippen LogP contribution in [0.4, 0.5) is 0 Å². The molecule has 0 unspecified atom stereocenters. The van der Waals surface area contributed by atoms with E-state index in [9.17, 15) is 8.42 Å². The summed E-state index contributed by atoms with van der Waals surface area (Å²) in [5.74, 6) is 0. The molecule has 0 amide bonds. The van der Waals surface area contributed by atoms with Crippen LogP contribution in [0, 0.1) is 5.41 Å². The standard InChI is InChI=1S/C11H18N4O2S/c1-9(13-8-12)3-4-14-6-11-5-10(14)7-15(11)18(2,16)17/h3-4,8,10-12H,5-7H2,1-2H3/b4-3+,12-8?,13-9?/t10-,11-/m1/s1. The number of nitrogens with zero attached hydrogens (tertiary/aromatic N) is 3. The van der Waals surface area contributed by atoms with E-state index in [-0.39, 0.29) is 12.1 Å². The Bertz CT molecular complexity index is 497. The van der Waals surface area contributed by atoms with Gasteiger partial charge in [-0.2, -0.15) is 4.31 Å². The summed E-state index contributed by atoms with van der Waals surface area (Å²) in [5.41, 5.74) is 0.771. The summed E-state index contributed by atoms with van der Waals surface area (Å²) in [4.78, 5) is 6.00. The first kappa shape index (κ1) is 13.2. The highest BCUT2D eigenvalue weighted by atomic mass is 32.2. The lowest BCUT2D eigenvalue weighted by Crippen LogP contribution is -2.46. The van der Waals surface area contributed by atoms with Crippen LogP contribution in [0.2, 0.25) is 0 Å². The van der Waals surface area contributed by atoms with Gasteiger partial charge in [0.15, 0.2) is 0 Å². The lowest BCUT2D eigenvalue weighted by atomic mass is 10.2. The fraction of sp³-hybridized carbons (Fsp3) is 0.636. The maximum absolute atomic E-state index is 11.5. The van der Waals surface area contributed by atoms with Crippen LogP contribution in [0.3, 0.4) is 0 Å². The van der Waals surface area contributed by atoms with E-state index in [1.165, 1.54) is 6.26 Å². The summed E-state index contributed by atoms with van der Waals surface area (Å²) in [5, 5.41) is 6.87. The van der Waals surface area contributed by atoms with Gasteiger partial charge in [0.25, 0.3) is 0 Å². The Kier molecular flexibility index (Phi) is 3.54. The summed E-state index contributed by atoms with van der Waals surface area (Å²) in [6, 6.07) is 0.378. The maximum atomic E-state index is 11.5. The fourth-order valence-electron chi connectivity index (χ4n) is 2.60. The highest BCUT2D eigenvalue weighted by molar-refractivity contribution is 7.88. The topological polar surface area (TPSA) is 76.8 Å². The van der Waals surface area contributed by atoms with Crippen LogP contribution < -0.4 is 0 Å². The zero-order valence-electron chi connectivity index (χ0n) is 10.6. The van der Waals surface area contributed by atoms with Crippen LogP contribution in [0.1, 0.15) is 13.3 Å². The molecule has 2 saturated heterocycles. The van der Waals surface area contributed by atoms with E-state index in [0.717, 1.165) is 25.0 Å². The van der Waals surface area contributed by atoms with E-state index in [1.807, 2.05) is 19.2 Å². The van der Waals surface area contributed by atoms with Crippen molar-refractivity contribution >= 4 is 22.1 Å². The zero-order chi connectivity index (χ0) is 13.3. The number of nitrogens with one attached hydrogen (secondary N) is 1. The molecule has 2 aliphatic heterocycles. The molecule has 18 heavy (non-hydrogen) atoms. The normalized spacial score (nSPS) is 29.4. The molecule has 0 aliphatic carbocycles. The van der Waals surface area contributed by atoms with E-state index >= 15 is 0 Å². The van der Waals surface area contributed by atoms with Gasteiger partial charge in [-0.15, -0.1) is 0 Å². The number of aliphatic imine (C=N–C) groups is 1. The number of fused-ring (bicyclic) bond motifs is 2. The monoisotopic (exact) mass is 270 g/mol. The minimum Gasteiger partial charge on any atom is -0.371 e. The first-order chi connectivity index (χ1) is 8.41. The van der Waals surface area contributed by atoms with Gasteiger partial charge in [-0.3, -0.25) is 5.41 Å². The molecule has 2 aliphatic rings. The van der Waals surface area contributed by atoms with Crippen molar-refractivity contribution < 1.29 is 8.42 Å². The van der Waals surface area contributed by atoms with Gasteiger partial charge in [-0.25, -0.2) is 13.4 Å². The predicted octanol–water partition coefficient (Wildman–Crippen LogP) is 0.286. The predicted molar refractivity (Wildman–Crippen MR) is 71.5 cm³/mol. The summed E-state index contributed by atoms with van der Waals surface area (Å²) in [6.45, 7) is 3.15. The third-order valence-electron chi connectivity index (χ3n) is 3.43. The van der Waals surface area contributed by atoms with Gasteiger partial charge in [-0.1, -0.05) is 0 Å². The van der Waals surface area contributed by atoms with Crippen molar-refractivity contribution in [1.29, 1.82) is 5.41 Å². The number of sulfonamides is 1. The number of hydrogen-bond acceptors (Lipinski definition) is 4. The second-order valence-electron chi connectivity index (χ2n) is 4.79. The van der Waals surface area contributed by atoms with E-state index in [4.69, 9.17) is 5.41 Å². The second-order valence-corrected chi connectivity index (χ2v) is 6.72. The first-order valence-electron chi connectivity index (χ1n) is 5.86. The second kappa shape index (κ2) is 4.81. The largest absolute Gasteiger partial charge is 0.371 e. The number of rotatable bonds is 4. The first-order valence-corrected chi connectivity index (χ1v) is 7.71. The Labute approximate surface area is 108 Å². The molecule has 0 saturated carbocycles. The molecular weight excluding hydrogens is 252 g/mol. The molecule has 1 N–H and O–H groups in total. The third kappa shape index (κ3) is 2.62. The van der Waals surface area contributed by atoms with Gasteiger partial charge in [0.05, 0.1) is 6.26 Å². The molecule has 0 aromatic heterocycles. The summed E-state index contributed by atoms with van der Waals surface area (Å²) < 4.78 is 24.7. The molecule has 6 nitrogen and oxygen atoms in total. The Hall–Kier alpha value is -1.21. The minimum absolute atomic E-state index is 0.106. The molecular formula is C11H18N4O2S. The van der Waals surface area contributed by atoms with Crippen LogP contribution in [0.15, 0.2) is 17.3 Å². The van der Waals surface area contributed by atoms with Crippen molar-refractivity contribution in [2.75, 3.05) is 19.3 Å². The van der Waals surface area contributed by atoms with Crippen molar-refractivity contribution in [2.24, 2.45) is 4.99 Å². The van der Waals surface area contributed by atoms with E-state index in [2.05, 4.69) is 9.89 Å². The van der Waals surface area contributed by atoms with Crippen molar-refractivity contribution in [3.05, 3.63) is 12.3 Å². The lowest BCUT2D eigenvalue weighted by molar-refractivity contribution is 0.240. The molecule has 2 bridgehead atoms. The Balaban J connectivity index is 2.00. The van der Waals surface area contributed by atoms with Crippen LogP contribution in [-0.4, -0.2) is 61.1 Å². The molecule has 0 aromatic carbocycles. The van der Waals surface area contributed by atoms with Crippen LogP contribution in [0.5, 0.6) is 0 Å². The molecule has 0 radical (unpaired) electrons. The molecule has 0 aromatic rings. The SMILES string of the molecule is CC(/C=C/N1C[C@H]2C[C@@H]1CN2S(C)(=O)=O)=NC=N. The van der Waals surface area contributed by atoms with Gasteiger partial charge in [0, 0.05) is 37.1 Å². The third-order valence-corrected chi connectivity index (χ3v) is 4.73. The highest BCUT2D eigenvalue weighted by Gasteiger charge is 2.45. The van der Waals surface area contributed by atoms with E-state index < -0.39 is 10.0 Å². The van der Waals surface area contributed by atoms with Crippen molar-refractivity contribution in [3.8, 4) is 0 Å². The molecule has 2 fully saturated rings. The van der Waals surface area contributed by atoms with Crippen LogP contribution in [-0.2, 0) is 10.0 Å². The van der Waals surface area contributed by atoms with E-state index in [0.29, 0.717) is 6.54 Å². The zero-order valence-corrected chi connectivity index (χ0v) is 11.4. The van der Waals surface area contributed by atoms with Crippen LogP contribution in [0.25, 0.3) is 0 Å². The van der Waals surface area contributed by atoms with Gasteiger partial charge in [0.1, 0.15) is 6.34 Å². The minimum atomic E-state index is -3.07. The van der Waals surface area contributed by atoms with Crippen molar-refractivity contribution in [1.82, 2.24) is 9.21 Å². The Morgan fingerprint density at radius 1 is 1.39 bits per heavy atom. The van der Waals surface area contributed by atoms with Crippen LogP contribution >= 0.6 is 0 Å². The summed E-state index contributed by atoms with van der Waals surface area (Å²) in [7, 11) is -3.07. The number of allylic oxidation sites excluding steroid dienone is 1. The molecule has 2 atom stereocenters. The fourth-order valence-corrected chi connectivity index (χ4v) is 3.74. The number of piperazine rings is 1. The molecule has 2 rings (SSSR count). The number of likely N-dealkylation sites (tertiary alicyclic amines) is 1. The Morgan fingerprint density at radius 2 is 2.11 bits per heavy atom. The smallest absolute Gasteiger partial charge is 0.211 e. The average Bonchev–Trinajstić information content (AvgIpc) is 2.84. The van der Waals surface area contributed by atoms with Gasteiger partial charge in [-0.05, 0) is 19.4 Å². The average molecular weight is 270 g/mol. The molecule has 100 valence electrons. The summed E-state index contributed by atoms with van der Waals surface area (Å²) >= 11 is 0. The van der Waals surface area contributed by atoms with Gasteiger partial charge < -0.3 is 4.90 Å². The molecule has 7 heteroatoms. The Morgan fingerprint density at radius 3 is 2.61 bits per heavy atom. The van der Waals surface area contributed by atoms with E-state index in [1.54, 1.807) is 4.31 Å². The van der Waals surface area contributed by atoms with Gasteiger partial charge >= 0.3 is 0 Å². The molecule has 0 spiro atoms. The van der Waals surface area contributed by atoms with Crippen molar-refractivity contribution in [2.45, 2.75) is 25.4 Å². The van der Waals surface area contributed by atoms with Gasteiger partial charge in [0.2, 0.25) is 10.0 Å². The van der Waals surface area contributed by atoms with Crippen molar-refractivity contribution in [3.63, 3.8) is 0 Å². The quantitative estimate of drug-likeness (QED) is 0.589.